The van der Waals surface area contributed by atoms with Crippen LogP contribution in [0.25, 0.3) is 0 Å². The first-order valence-corrected chi connectivity index (χ1v) is 8.77. The van der Waals surface area contributed by atoms with Crippen LogP contribution in [0.5, 0.6) is 5.88 Å². The Kier molecular flexibility index (Phi) is 8.03. The molecule has 0 aliphatic carbocycles. The van der Waals surface area contributed by atoms with Crippen molar-refractivity contribution in [1.82, 2.24) is 15.6 Å². The number of rotatable bonds is 8. The average molecular weight is 398 g/mol. The third kappa shape index (κ3) is 8.24. The van der Waals surface area contributed by atoms with Crippen LogP contribution in [0.1, 0.15) is 18.1 Å². The number of hydrogen-bond acceptors (Lipinski definition) is 3. The number of pyridine rings is 1. The van der Waals surface area contributed by atoms with Crippen molar-refractivity contribution in [3.8, 4) is 5.88 Å². The molecule has 152 valence electrons. The molecule has 0 saturated heterocycles. The Bertz CT molecular complexity index is 763. The van der Waals surface area contributed by atoms with Crippen LogP contribution in [0, 0.1) is 5.82 Å². The van der Waals surface area contributed by atoms with Crippen LogP contribution in [0.15, 0.2) is 47.6 Å². The van der Waals surface area contributed by atoms with Crippen LogP contribution < -0.4 is 15.4 Å². The molecule has 2 aromatic rings. The molecule has 0 bridgehead atoms. The van der Waals surface area contributed by atoms with Crippen molar-refractivity contribution < 1.29 is 22.3 Å². The van der Waals surface area contributed by atoms with E-state index in [4.69, 9.17) is 0 Å². The molecule has 0 spiro atoms. The fraction of sp³-hybridized carbons (Fsp3) is 0.368. The molecular formula is C19H22F4N4O. The predicted molar refractivity (Wildman–Crippen MR) is 98.7 cm³/mol. The molecule has 1 aromatic heterocycles. The number of hydrogen-bond donors (Lipinski definition) is 2. The number of alkyl halides is 3. The summed E-state index contributed by atoms with van der Waals surface area (Å²) in [6, 6.07) is 9.39. The molecule has 0 saturated carbocycles. The second-order valence-corrected chi connectivity index (χ2v) is 5.91. The summed E-state index contributed by atoms with van der Waals surface area (Å²) in [6.07, 6.45) is -2.34. The Morgan fingerprint density at radius 1 is 1.14 bits per heavy atom. The number of ether oxygens (including phenoxy) is 1. The predicted octanol–water partition coefficient (Wildman–Crippen LogP) is 3.46. The molecule has 2 rings (SSSR count). The summed E-state index contributed by atoms with van der Waals surface area (Å²) < 4.78 is 54.1. The number of aromatic nitrogens is 1. The summed E-state index contributed by atoms with van der Waals surface area (Å²) in [5.41, 5.74) is 1.60. The summed E-state index contributed by atoms with van der Waals surface area (Å²) in [5.74, 6) is 0.217. The Morgan fingerprint density at radius 3 is 2.61 bits per heavy atom. The molecular weight excluding hydrogens is 376 g/mol. The average Bonchev–Trinajstić information content (AvgIpc) is 2.65. The zero-order valence-corrected chi connectivity index (χ0v) is 15.4. The van der Waals surface area contributed by atoms with Gasteiger partial charge in [0.05, 0.1) is 6.54 Å². The van der Waals surface area contributed by atoms with Gasteiger partial charge in [-0.1, -0.05) is 18.2 Å². The van der Waals surface area contributed by atoms with E-state index in [0.717, 1.165) is 11.1 Å². The van der Waals surface area contributed by atoms with Gasteiger partial charge in [-0.2, -0.15) is 13.2 Å². The van der Waals surface area contributed by atoms with Crippen molar-refractivity contribution in [3.63, 3.8) is 0 Å². The molecule has 0 aliphatic heterocycles. The van der Waals surface area contributed by atoms with Gasteiger partial charge >= 0.3 is 6.18 Å². The molecule has 5 nitrogen and oxygen atoms in total. The minimum atomic E-state index is -4.40. The first-order valence-electron chi connectivity index (χ1n) is 8.77. The van der Waals surface area contributed by atoms with Gasteiger partial charge in [0, 0.05) is 25.4 Å². The monoisotopic (exact) mass is 398 g/mol. The lowest BCUT2D eigenvalue weighted by Crippen LogP contribution is -2.38. The van der Waals surface area contributed by atoms with Crippen molar-refractivity contribution >= 4 is 5.96 Å². The van der Waals surface area contributed by atoms with Crippen molar-refractivity contribution in [2.24, 2.45) is 4.99 Å². The van der Waals surface area contributed by atoms with E-state index < -0.39 is 12.8 Å². The number of nitrogens with one attached hydrogen (secondary N) is 2. The van der Waals surface area contributed by atoms with Crippen LogP contribution in [-0.4, -0.2) is 36.8 Å². The third-order valence-corrected chi connectivity index (χ3v) is 3.54. The van der Waals surface area contributed by atoms with E-state index in [1.807, 2.05) is 13.0 Å². The summed E-state index contributed by atoms with van der Waals surface area (Å²) in [4.78, 5) is 8.25. The lowest BCUT2D eigenvalue weighted by atomic mass is 10.1. The number of benzene rings is 1. The van der Waals surface area contributed by atoms with Gasteiger partial charge in [0.1, 0.15) is 5.82 Å². The van der Waals surface area contributed by atoms with Crippen LogP contribution >= 0.6 is 0 Å². The van der Waals surface area contributed by atoms with Gasteiger partial charge in [0.2, 0.25) is 5.88 Å². The molecule has 2 N–H and O–H groups in total. The molecule has 9 heteroatoms. The molecule has 28 heavy (non-hydrogen) atoms. The molecule has 0 fully saturated rings. The Hall–Kier alpha value is -2.84. The number of halogens is 4. The van der Waals surface area contributed by atoms with E-state index in [9.17, 15) is 17.6 Å². The van der Waals surface area contributed by atoms with Crippen molar-refractivity contribution in [3.05, 3.63) is 59.5 Å². The van der Waals surface area contributed by atoms with Crippen LogP contribution in [0.2, 0.25) is 0 Å². The summed E-state index contributed by atoms with van der Waals surface area (Å²) in [6.45, 7) is 2.07. The lowest BCUT2D eigenvalue weighted by Gasteiger charge is -2.11. The number of aliphatic imine (C=N–C) groups is 1. The maximum atomic E-state index is 13.2. The number of nitrogens with zero attached hydrogens (tertiary/aromatic N) is 2. The van der Waals surface area contributed by atoms with Gasteiger partial charge in [-0.25, -0.2) is 14.4 Å². The molecule has 0 amide bonds. The Balaban J connectivity index is 1.85. The van der Waals surface area contributed by atoms with Gasteiger partial charge in [-0.05, 0) is 36.6 Å². The third-order valence-electron chi connectivity index (χ3n) is 3.54. The Morgan fingerprint density at radius 2 is 1.96 bits per heavy atom. The molecule has 0 aliphatic rings. The maximum absolute atomic E-state index is 13.2. The van der Waals surface area contributed by atoms with Gasteiger partial charge in [-0.3, -0.25) is 0 Å². The maximum Gasteiger partial charge on any atom is 0.422 e. The van der Waals surface area contributed by atoms with Gasteiger partial charge < -0.3 is 15.4 Å². The summed E-state index contributed by atoms with van der Waals surface area (Å²) in [7, 11) is 0. The van der Waals surface area contributed by atoms with Crippen LogP contribution in [-0.2, 0) is 13.0 Å². The second-order valence-electron chi connectivity index (χ2n) is 5.91. The van der Waals surface area contributed by atoms with Crippen molar-refractivity contribution in [2.75, 3.05) is 19.7 Å². The van der Waals surface area contributed by atoms with Crippen LogP contribution in [0.4, 0.5) is 17.6 Å². The molecule has 0 radical (unpaired) electrons. The minimum Gasteiger partial charge on any atom is -0.468 e. The standard InChI is InChI=1S/C19H22F4N4O/c1-2-24-18(25-9-8-14-4-3-5-16(20)10-14)27-12-15-6-7-17(26-11-15)28-13-19(21,22)23/h3-7,10-11H,2,8-9,12-13H2,1H3,(H2,24,25,27). The summed E-state index contributed by atoms with van der Waals surface area (Å²) >= 11 is 0. The highest BCUT2D eigenvalue weighted by Crippen LogP contribution is 2.17. The lowest BCUT2D eigenvalue weighted by molar-refractivity contribution is -0.154. The molecule has 0 unspecified atom stereocenters. The first-order chi connectivity index (χ1) is 13.4. The fourth-order valence-corrected chi connectivity index (χ4v) is 2.28. The SMILES string of the molecule is CCNC(=NCc1ccc(OCC(F)(F)F)nc1)NCCc1cccc(F)c1. The van der Waals surface area contributed by atoms with Crippen molar-refractivity contribution in [1.29, 1.82) is 0 Å². The quantitative estimate of drug-likeness (QED) is 0.406. The topological polar surface area (TPSA) is 58.5 Å². The van der Waals surface area contributed by atoms with E-state index in [1.54, 1.807) is 12.1 Å². The highest BCUT2D eigenvalue weighted by Gasteiger charge is 2.28. The van der Waals surface area contributed by atoms with E-state index in [-0.39, 0.29) is 11.7 Å². The fourth-order valence-electron chi connectivity index (χ4n) is 2.28. The highest BCUT2D eigenvalue weighted by molar-refractivity contribution is 5.79. The van der Waals surface area contributed by atoms with E-state index >= 15 is 0 Å². The Labute approximate surface area is 160 Å². The first kappa shape index (κ1) is 21.5. The van der Waals surface area contributed by atoms with E-state index in [2.05, 4.69) is 25.3 Å². The highest BCUT2D eigenvalue weighted by atomic mass is 19.4. The second kappa shape index (κ2) is 10.5. The van der Waals surface area contributed by atoms with Gasteiger partial charge in [-0.15, -0.1) is 0 Å². The molecule has 1 heterocycles. The zero-order valence-electron chi connectivity index (χ0n) is 15.4. The van der Waals surface area contributed by atoms with Gasteiger partial charge in [0.15, 0.2) is 12.6 Å². The smallest absolute Gasteiger partial charge is 0.422 e. The summed E-state index contributed by atoms with van der Waals surface area (Å²) in [5, 5.41) is 6.25. The normalized spacial score (nSPS) is 12.0. The molecule has 1 aromatic carbocycles. The van der Waals surface area contributed by atoms with E-state index in [1.165, 1.54) is 24.4 Å². The van der Waals surface area contributed by atoms with Crippen LogP contribution in [0.3, 0.4) is 0 Å². The largest absolute Gasteiger partial charge is 0.468 e. The minimum absolute atomic E-state index is 0.0924. The number of guanidine groups is 1. The van der Waals surface area contributed by atoms with E-state index in [0.29, 0.717) is 32.0 Å². The van der Waals surface area contributed by atoms with Gasteiger partial charge in [0.25, 0.3) is 0 Å². The van der Waals surface area contributed by atoms with Crippen molar-refractivity contribution in [2.45, 2.75) is 26.1 Å². The molecule has 0 atom stereocenters. The zero-order chi connectivity index (χ0) is 20.4.